The molecule has 0 aliphatic carbocycles. The summed E-state index contributed by atoms with van der Waals surface area (Å²) in [6.45, 7) is 5.36. The Morgan fingerprint density at radius 3 is 2.63 bits per heavy atom. The van der Waals surface area contributed by atoms with Crippen LogP contribution in [0.3, 0.4) is 0 Å². The Balaban J connectivity index is 2.31. The van der Waals surface area contributed by atoms with E-state index in [4.69, 9.17) is 0 Å². The molecule has 2 aromatic rings. The Labute approximate surface area is 124 Å². The summed E-state index contributed by atoms with van der Waals surface area (Å²) in [6.07, 6.45) is 0.294. The molecule has 0 N–H and O–H groups in total. The van der Waals surface area contributed by atoms with Gasteiger partial charge in [0.25, 0.3) is 0 Å². The minimum atomic E-state index is -0.203. The molecule has 100 valence electrons. The molecule has 0 bridgehead atoms. The van der Waals surface area contributed by atoms with E-state index < -0.39 is 0 Å². The Morgan fingerprint density at radius 1 is 1.32 bits per heavy atom. The molecule has 0 saturated heterocycles. The van der Waals surface area contributed by atoms with Crippen molar-refractivity contribution < 1.29 is 9.59 Å². The highest BCUT2D eigenvalue weighted by Gasteiger charge is 2.17. The van der Waals surface area contributed by atoms with Gasteiger partial charge in [0.05, 0.1) is 4.88 Å². The van der Waals surface area contributed by atoms with E-state index in [0.717, 1.165) is 25.0 Å². The van der Waals surface area contributed by atoms with Crippen LogP contribution in [0.5, 0.6) is 0 Å². The number of halogens is 1. The lowest BCUT2D eigenvalue weighted by Crippen LogP contribution is -2.11. The number of hydrogen-bond donors (Lipinski definition) is 0. The summed E-state index contributed by atoms with van der Waals surface area (Å²) in [5, 5.41) is 1.07. The quantitative estimate of drug-likeness (QED) is 0.752. The number of carbonyl (C=O) groups excluding carboxylic acids is 2. The maximum absolute atomic E-state index is 12.1. The number of carbonyl (C=O) groups is 2. The Kier molecular flexibility index (Phi) is 4.21. The molecule has 0 saturated carbocycles. The van der Waals surface area contributed by atoms with Gasteiger partial charge in [0.1, 0.15) is 5.78 Å². The molecule has 0 aliphatic heterocycles. The van der Waals surface area contributed by atoms with Crippen LogP contribution in [0, 0.1) is 12.8 Å². The van der Waals surface area contributed by atoms with Crippen molar-refractivity contribution in [1.29, 1.82) is 0 Å². The molecular formula is C15H15BrO2S. The number of aryl methyl sites for hydroxylation is 1. The third kappa shape index (κ3) is 3.12. The summed E-state index contributed by atoms with van der Waals surface area (Å²) in [6, 6.07) is 6.03. The summed E-state index contributed by atoms with van der Waals surface area (Å²) in [5.41, 5.74) is 1.16. The first-order chi connectivity index (χ1) is 8.88. The van der Waals surface area contributed by atoms with Gasteiger partial charge in [-0.1, -0.05) is 22.9 Å². The zero-order valence-corrected chi connectivity index (χ0v) is 13.5. The van der Waals surface area contributed by atoms with Gasteiger partial charge in [-0.15, -0.1) is 11.3 Å². The molecular weight excluding hydrogens is 324 g/mol. The van der Waals surface area contributed by atoms with Crippen molar-refractivity contribution in [1.82, 2.24) is 0 Å². The maximum Gasteiger partial charge on any atom is 0.173 e. The molecule has 1 aromatic heterocycles. The van der Waals surface area contributed by atoms with Crippen molar-refractivity contribution in [3.05, 3.63) is 33.1 Å². The third-order valence-electron chi connectivity index (χ3n) is 3.26. The second-order valence-corrected chi connectivity index (χ2v) is 6.83. The fourth-order valence-electron chi connectivity index (χ4n) is 1.82. The van der Waals surface area contributed by atoms with E-state index in [-0.39, 0.29) is 17.5 Å². The maximum atomic E-state index is 12.1. The van der Waals surface area contributed by atoms with E-state index in [1.165, 1.54) is 18.3 Å². The molecule has 2 nitrogen and oxygen atoms in total. The summed E-state index contributed by atoms with van der Waals surface area (Å²) >= 11 is 5.00. The third-order valence-corrected chi connectivity index (χ3v) is 5.25. The smallest absolute Gasteiger partial charge is 0.173 e. The van der Waals surface area contributed by atoms with Gasteiger partial charge in [0.2, 0.25) is 0 Å². The molecule has 0 spiro atoms. The van der Waals surface area contributed by atoms with Crippen LogP contribution >= 0.6 is 27.3 Å². The summed E-state index contributed by atoms with van der Waals surface area (Å²) in [7, 11) is 0. The second kappa shape index (κ2) is 5.55. The lowest BCUT2D eigenvalue weighted by molar-refractivity contribution is -0.120. The largest absolute Gasteiger partial charge is 0.300 e. The van der Waals surface area contributed by atoms with Gasteiger partial charge in [-0.25, -0.2) is 0 Å². The number of thiophene rings is 1. The van der Waals surface area contributed by atoms with Crippen LogP contribution in [-0.4, -0.2) is 11.6 Å². The topological polar surface area (TPSA) is 34.1 Å². The molecule has 2 rings (SSSR count). The first kappa shape index (κ1) is 14.4. The van der Waals surface area contributed by atoms with E-state index in [1.807, 2.05) is 19.1 Å². The standard InChI is InChI=1S/C15H15BrO2S/c1-8(10(3)17)4-13(18)15-7-11-6-12(16)9(2)5-14(11)19-15/h5-8H,4H2,1-3H3/t8-/m0/s1. The summed E-state index contributed by atoms with van der Waals surface area (Å²) in [5.74, 6) is -0.0862. The highest BCUT2D eigenvalue weighted by Crippen LogP contribution is 2.31. The highest BCUT2D eigenvalue weighted by molar-refractivity contribution is 9.10. The fraction of sp³-hybridized carbons (Fsp3) is 0.333. The minimum Gasteiger partial charge on any atom is -0.300 e. The van der Waals surface area contributed by atoms with Crippen molar-refractivity contribution in [2.75, 3.05) is 0 Å². The molecule has 1 heterocycles. The Morgan fingerprint density at radius 2 is 2.00 bits per heavy atom. The molecule has 0 amide bonds. The van der Waals surface area contributed by atoms with Gasteiger partial charge in [-0.3, -0.25) is 9.59 Å². The Bertz CT molecular complexity index is 618. The number of benzene rings is 1. The van der Waals surface area contributed by atoms with E-state index in [9.17, 15) is 9.59 Å². The van der Waals surface area contributed by atoms with Crippen LogP contribution in [0.15, 0.2) is 22.7 Å². The van der Waals surface area contributed by atoms with E-state index in [1.54, 1.807) is 6.92 Å². The summed E-state index contributed by atoms with van der Waals surface area (Å²) < 4.78 is 2.16. The van der Waals surface area contributed by atoms with Gasteiger partial charge in [-0.05, 0) is 43.0 Å². The van der Waals surface area contributed by atoms with Crippen molar-refractivity contribution in [2.24, 2.45) is 5.92 Å². The molecule has 1 atom stereocenters. The van der Waals surface area contributed by atoms with Gasteiger partial charge < -0.3 is 0 Å². The molecule has 4 heteroatoms. The predicted octanol–water partition coefficient (Wildman–Crippen LogP) is 4.77. The SMILES string of the molecule is CC(=O)[C@@H](C)CC(=O)c1cc2cc(Br)c(C)cc2s1. The average molecular weight is 339 g/mol. The van der Waals surface area contributed by atoms with Crippen LogP contribution in [-0.2, 0) is 4.79 Å². The van der Waals surface area contributed by atoms with Crippen LogP contribution < -0.4 is 0 Å². The van der Waals surface area contributed by atoms with Gasteiger partial charge in [0.15, 0.2) is 5.78 Å². The molecule has 0 fully saturated rings. The zero-order chi connectivity index (χ0) is 14.2. The van der Waals surface area contributed by atoms with Crippen molar-refractivity contribution in [2.45, 2.75) is 27.2 Å². The number of hydrogen-bond acceptors (Lipinski definition) is 3. The van der Waals surface area contributed by atoms with Crippen molar-refractivity contribution in [3.8, 4) is 0 Å². The Hall–Kier alpha value is -1.00. The van der Waals surface area contributed by atoms with E-state index >= 15 is 0 Å². The second-order valence-electron chi connectivity index (χ2n) is 4.89. The van der Waals surface area contributed by atoms with Gasteiger partial charge >= 0.3 is 0 Å². The average Bonchev–Trinajstić information content (AvgIpc) is 2.72. The first-order valence-electron chi connectivity index (χ1n) is 6.12. The molecule has 1 aromatic carbocycles. The highest BCUT2D eigenvalue weighted by atomic mass is 79.9. The van der Waals surface area contributed by atoms with Crippen molar-refractivity contribution in [3.63, 3.8) is 0 Å². The first-order valence-corrected chi connectivity index (χ1v) is 7.72. The fourth-order valence-corrected chi connectivity index (χ4v) is 3.27. The zero-order valence-electron chi connectivity index (χ0n) is 11.1. The summed E-state index contributed by atoms with van der Waals surface area (Å²) in [4.78, 5) is 24.1. The normalized spacial score (nSPS) is 12.6. The van der Waals surface area contributed by atoms with E-state index in [0.29, 0.717) is 6.42 Å². The van der Waals surface area contributed by atoms with Crippen LogP contribution in [0.4, 0.5) is 0 Å². The number of Topliss-reactive ketones (excluding diaryl/α,β-unsaturated/α-hetero) is 2. The lowest BCUT2D eigenvalue weighted by Gasteiger charge is -2.04. The van der Waals surface area contributed by atoms with Gasteiger partial charge in [-0.2, -0.15) is 0 Å². The number of ketones is 2. The molecule has 0 radical (unpaired) electrons. The number of rotatable bonds is 4. The molecule has 19 heavy (non-hydrogen) atoms. The van der Waals surface area contributed by atoms with Crippen molar-refractivity contribution >= 4 is 48.9 Å². The number of fused-ring (bicyclic) bond motifs is 1. The monoisotopic (exact) mass is 338 g/mol. The molecule has 0 aliphatic rings. The minimum absolute atomic E-state index is 0.0534. The molecule has 0 unspecified atom stereocenters. The predicted molar refractivity (Wildman–Crippen MR) is 83.1 cm³/mol. The lowest BCUT2D eigenvalue weighted by atomic mass is 10.00. The van der Waals surface area contributed by atoms with Crippen LogP contribution in [0.2, 0.25) is 0 Å². The van der Waals surface area contributed by atoms with Crippen LogP contribution in [0.25, 0.3) is 10.1 Å². The van der Waals surface area contributed by atoms with Gasteiger partial charge in [0, 0.05) is 21.5 Å². The van der Waals surface area contributed by atoms with E-state index in [2.05, 4.69) is 22.0 Å². The van der Waals surface area contributed by atoms with Crippen LogP contribution in [0.1, 0.15) is 35.5 Å².